The number of carbonyl (C=O) groups excluding carboxylic acids is 3. The van der Waals surface area contributed by atoms with Gasteiger partial charge in [0, 0.05) is 11.6 Å². The average molecular weight is 374 g/mol. The van der Waals surface area contributed by atoms with E-state index in [1.54, 1.807) is 26.8 Å². The molecule has 1 atom stereocenters. The standard InChI is InChI=1S/C16H21Cl2N3O3/c1-4-19-13(22)8-20-16(24)14(9(2)3)21-15(23)11-6-5-10(17)7-12(11)18/h5-7,9,14H,4,8H2,1-3H3,(H,19,22)(H,20,24)(H,21,23)/t14-/m0/s1. The number of nitrogens with one attached hydrogen (secondary N) is 3. The molecule has 0 spiro atoms. The van der Waals surface area contributed by atoms with Crippen molar-refractivity contribution >= 4 is 40.9 Å². The second-order valence-electron chi connectivity index (χ2n) is 5.49. The fourth-order valence-electron chi connectivity index (χ4n) is 1.96. The summed E-state index contributed by atoms with van der Waals surface area (Å²) < 4.78 is 0. The lowest BCUT2D eigenvalue weighted by molar-refractivity contribution is -0.127. The van der Waals surface area contributed by atoms with Crippen LogP contribution in [0.25, 0.3) is 0 Å². The number of benzene rings is 1. The van der Waals surface area contributed by atoms with E-state index in [1.807, 2.05) is 0 Å². The molecule has 0 bridgehead atoms. The van der Waals surface area contributed by atoms with Crippen molar-refractivity contribution in [2.45, 2.75) is 26.8 Å². The van der Waals surface area contributed by atoms with Crippen LogP contribution in [0.2, 0.25) is 10.0 Å². The van der Waals surface area contributed by atoms with Crippen LogP contribution in [-0.2, 0) is 9.59 Å². The SMILES string of the molecule is CCNC(=O)CNC(=O)[C@@H](NC(=O)c1ccc(Cl)cc1Cl)C(C)C. The normalized spacial score (nSPS) is 11.8. The van der Waals surface area contributed by atoms with Gasteiger partial charge in [-0.1, -0.05) is 37.0 Å². The third-order valence-corrected chi connectivity index (χ3v) is 3.76. The fraction of sp³-hybridized carbons (Fsp3) is 0.438. The van der Waals surface area contributed by atoms with E-state index in [0.29, 0.717) is 11.6 Å². The van der Waals surface area contributed by atoms with Crippen molar-refractivity contribution in [2.75, 3.05) is 13.1 Å². The smallest absolute Gasteiger partial charge is 0.253 e. The van der Waals surface area contributed by atoms with Gasteiger partial charge in [0.2, 0.25) is 11.8 Å². The van der Waals surface area contributed by atoms with Crippen LogP contribution in [-0.4, -0.2) is 36.9 Å². The van der Waals surface area contributed by atoms with Crippen molar-refractivity contribution in [3.05, 3.63) is 33.8 Å². The van der Waals surface area contributed by atoms with Gasteiger partial charge in [-0.2, -0.15) is 0 Å². The summed E-state index contributed by atoms with van der Waals surface area (Å²) in [5.41, 5.74) is 0.225. The third-order valence-electron chi connectivity index (χ3n) is 3.21. The minimum Gasteiger partial charge on any atom is -0.355 e. The van der Waals surface area contributed by atoms with E-state index in [-0.39, 0.29) is 29.0 Å². The Kier molecular flexibility index (Phi) is 8.01. The van der Waals surface area contributed by atoms with E-state index in [4.69, 9.17) is 23.2 Å². The number of halogens is 2. The van der Waals surface area contributed by atoms with Crippen LogP contribution >= 0.6 is 23.2 Å². The second kappa shape index (κ2) is 9.49. The molecule has 8 heteroatoms. The third kappa shape index (κ3) is 6.02. The largest absolute Gasteiger partial charge is 0.355 e. The van der Waals surface area contributed by atoms with Crippen LogP contribution in [0.1, 0.15) is 31.1 Å². The number of amides is 3. The molecule has 24 heavy (non-hydrogen) atoms. The van der Waals surface area contributed by atoms with E-state index < -0.39 is 17.9 Å². The highest BCUT2D eigenvalue weighted by Crippen LogP contribution is 2.21. The Labute approximate surface area is 151 Å². The number of carbonyl (C=O) groups is 3. The van der Waals surface area contributed by atoms with E-state index in [0.717, 1.165) is 0 Å². The van der Waals surface area contributed by atoms with E-state index in [9.17, 15) is 14.4 Å². The molecule has 1 aromatic carbocycles. The maximum Gasteiger partial charge on any atom is 0.253 e. The number of hydrogen-bond donors (Lipinski definition) is 3. The lowest BCUT2D eigenvalue weighted by atomic mass is 10.0. The second-order valence-corrected chi connectivity index (χ2v) is 6.33. The highest BCUT2D eigenvalue weighted by Gasteiger charge is 2.25. The van der Waals surface area contributed by atoms with E-state index >= 15 is 0 Å². The van der Waals surface area contributed by atoms with Crippen molar-refractivity contribution in [1.29, 1.82) is 0 Å². The zero-order valence-corrected chi connectivity index (χ0v) is 15.3. The predicted molar refractivity (Wildman–Crippen MR) is 94.2 cm³/mol. The topological polar surface area (TPSA) is 87.3 Å². The Morgan fingerprint density at radius 2 is 1.79 bits per heavy atom. The summed E-state index contributed by atoms with van der Waals surface area (Å²) in [5.74, 6) is -1.38. The van der Waals surface area contributed by atoms with Crippen molar-refractivity contribution in [3.63, 3.8) is 0 Å². The maximum absolute atomic E-state index is 12.3. The molecule has 1 rings (SSSR count). The molecule has 0 aromatic heterocycles. The summed E-state index contributed by atoms with van der Waals surface area (Å²) in [5, 5.41) is 8.34. The number of hydrogen-bond acceptors (Lipinski definition) is 3. The van der Waals surface area contributed by atoms with Gasteiger partial charge >= 0.3 is 0 Å². The molecule has 0 saturated carbocycles. The lowest BCUT2D eigenvalue weighted by Crippen LogP contribution is -2.51. The highest BCUT2D eigenvalue weighted by atomic mass is 35.5. The number of likely N-dealkylation sites (N-methyl/N-ethyl adjacent to an activating group) is 1. The minimum atomic E-state index is -0.793. The first-order valence-corrected chi connectivity index (χ1v) is 8.32. The molecular weight excluding hydrogens is 353 g/mol. The Morgan fingerprint density at radius 1 is 1.12 bits per heavy atom. The lowest BCUT2D eigenvalue weighted by Gasteiger charge is -2.22. The maximum atomic E-state index is 12.3. The quantitative estimate of drug-likeness (QED) is 0.682. The van der Waals surface area contributed by atoms with Crippen LogP contribution in [0.3, 0.4) is 0 Å². The van der Waals surface area contributed by atoms with Crippen LogP contribution in [0.15, 0.2) is 18.2 Å². The molecule has 3 amide bonds. The molecule has 1 aromatic rings. The summed E-state index contributed by atoms with van der Waals surface area (Å²) in [7, 11) is 0. The summed E-state index contributed by atoms with van der Waals surface area (Å²) >= 11 is 11.8. The van der Waals surface area contributed by atoms with Crippen molar-refractivity contribution in [1.82, 2.24) is 16.0 Å². The number of rotatable bonds is 7. The molecule has 0 unspecified atom stereocenters. The van der Waals surface area contributed by atoms with Gasteiger partial charge in [-0.15, -0.1) is 0 Å². The molecule has 0 saturated heterocycles. The fourth-order valence-corrected chi connectivity index (χ4v) is 2.46. The van der Waals surface area contributed by atoms with Gasteiger partial charge in [0.05, 0.1) is 17.1 Å². The van der Waals surface area contributed by atoms with Crippen molar-refractivity contribution in [3.8, 4) is 0 Å². The van der Waals surface area contributed by atoms with Crippen molar-refractivity contribution < 1.29 is 14.4 Å². The molecule has 6 nitrogen and oxygen atoms in total. The first-order valence-electron chi connectivity index (χ1n) is 7.56. The molecule has 3 N–H and O–H groups in total. The molecule has 132 valence electrons. The summed E-state index contributed by atoms with van der Waals surface area (Å²) in [6.45, 7) is 5.70. The monoisotopic (exact) mass is 373 g/mol. The Bertz CT molecular complexity index is 621. The Balaban J connectivity index is 2.76. The molecule has 0 aliphatic heterocycles. The van der Waals surface area contributed by atoms with E-state index in [1.165, 1.54) is 12.1 Å². The van der Waals surface area contributed by atoms with Gasteiger partial charge in [-0.25, -0.2) is 0 Å². The molecule has 0 aliphatic rings. The van der Waals surface area contributed by atoms with Gasteiger partial charge in [0.1, 0.15) is 6.04 Å². The molecular formula is C16H21Cl2N3O3. The highest BCUT2D eigenvalue weighted by molar-refractivity contribution is 6.36. The van der Waals surface area contributed by atoms with Gasteiger partial charge < -0.3 is 16.0 Å². The van der Waals surface area contributed by atoms with Crippen LogP contribution in [0.5, 0.6) is 0 Å². The van der Waals surface area contributed by atoms with E-state index in [2.05, 4.69) is 16.0 Å². The van der Waals surface area contributed by atoms with Crippen molar-refractivity contribution in [2.24, 2.45) is 5.92 Å². The summed E-state index contributed by atoms with van der Waals surface area (Å²) in [6.07, 6.45) is 0. The first kappa shape index (κ1) is 20.3. The van der Waals surface area contributed by atoms with Gasteiger partial charge in [0.25, 0.3) is 5.91 Å². The van der Waals surface area contributed by atoms with Gasteiger partial charge in [-0.3, -0.25) is 14.4 Å². The summed E-state index contributed by atoms with van der Waals surface area (Å²) in [6, 6.07) is 3.70. The zero-order chi connectivity index (χ0) is 18.3. The molecule has 0 radical (unpaired) electrons. The molecule has 0 heterocycles. The van der Waals surface area contributed by atoms with Crippen LogP contribution < -0.4 is 16.0 Å². The van der Waals surface area contributed by atoms with Crippen LogP contribution in [0.4, 0.5) is 0 Å². The Morgan fingerprint density at radius 3 is 2.33 bits per heavy atom. The minimum absolute atomic E-state index is 0.145. The molecule has 0 fully saturated rings. The molecule has 0 aliphatic carbocycles. The predicted octanol–water partition coefficient (Wildman–Crippen LogP) is 2.00. The van der Waals surface area contributed by atoms with Crippen LogP contribution in [0, 0.1) is 5.92 Å². The summed E-state index contributed by atoms with van der Waals surface area (Å²) in [4.78, 5) is 36.0. The first-order chi connectivity index (χ1) is 11.3. The zero-order valence-electron chi connectivity index (χ0n) is 13.8. The van der Waals surface area contributed by atoms with Gasteiger partial charge in [0.15, 0.2) is 0 Å². The van der Waals surface area contributed by atoms with Gasteiger partial charge in [-0.05, 0) is 31.0 Å². The Hall–Kier alpha value is -1.79. The average Bonchev–Trinajstić information content (AvgIpc) is 2.50.